The van der Waals surface area contributed by atoms with Crippen LogP contribution in [0.3, 0.4) is 0 Å². The first-order valence-electron chi connectivity index (χ1n) is 7.87. The zero-order chi connectivity index (χ0) is 17.1. The van der Waals surface area contributed by atoms with E-state index in [1.54, 1.807) is 13.0 Å². The lowest BCUT2D eigenvalue weighted by atomic mass is 10.1. The second-order valence-corrected chi connectivity index (χ2v) is 5.72. The predicted molar refractivity (Wildman–Crippen MR) is 90.2 cm³/mol. The predicted octanol–water partition coefficient (Wildman–Crippen LogP) is 3.74. The molecule has 6 nitrogen and oxygen atoms in total. The number of benzene rings is 2. The zero-order valence-corrected chi connectivity index (χ0v) is 13.3. The number of hydrogen-bond donors (Lipinski definition) is 1. The Bertz CT molecular complexity index is 761. The van der Waals surface area contributed by atoms with Gasteiger partial charge in [-0.3, -0.25) is 14.9 Å². The molecule has 1 aliphatic rings. The van der Waals surface area contributed by atoms with Crippen LogP contribution < -0.4 is 10.1 Å². The van der Waals surface area contributed by atoms with Gasteiger partial charge in [0.15, 0.2) is 0 Å². The highest BCUT2D eigenvalue weighted by atomic mass is 16.6. The molecule has 0 radical (unpaired) electrons. The molecule has 124 valence electrons. The van der Waals surface area contributed by atoms with Gasteiger partial charge >= 0.3 is 0 Å². The molecule has 1 aliphatic carbocycles. The first-order chi connectivity index (χ1) is 11.6. The van der Waals surface area contributed by atoms with Crippen LogP contribution in [-0.4, -0.2) is 17.4 Å². The third kappa shape index (κ3) is 3.37. The van der Waals surface area contributed by atoms with E-state index in [0.29, 0.717) is 12.4 Å². The van der Waals surface area contributed by atoms with E-state index in [0.717, 1.165) is 12.0 Å². The van der Waals surface area contributed by atoms with Crippen LogP contribution in [-0.2, 0) is 4.79 Å². The summed E-state index contributed by atoms with van der Waals surface area (Å²) in [5.41, 5.74) is 1.16. The first-order valence-corrected chi connectivity index (χ1v) is 7.87. The number of rotatable bonds is 6. The highest BCUT2D eigenvalue weighted by molar-refractivity contribution is 5.97. The Morgan fingerprint density at radius 3 is 2.71 bits per heavy atom. The van der Waals surface area contributed by atoms with Gasteiger partial charge in [0.2, 0.25) is 5.91 Å². The van der Waals surface area contributed by atoms with Crippen molar-refractivity contribution in [1.29, 1.82) is 0 Å². The summed E-state index contributed by atoms with van der Waals surface area (Å²) in [6.07, 6.45) is 0.765. The molecule has 0 heterocycles. The summed E-state index contributed by atoms with van der Waals surface area (Å²) in [5.74, 6) is 0.276. The molecule has 6 heteroatoms. The molecule has 0 spiro atoms. The minimum atomic E-state index is -0.514. The van der Waals surface area contributed by atoms with E-state index < -0.39 is 4.92 Å². The molecule has 0 saturated heterocycles. The summed E-state index contributed by atoms with van der Waals surface area (Å²) in [7, 11) is 0. The van der Waals surface area contributed by atoms with Gasteiger partial charge in [0.1, 0.15) is 11.4 Å². The third-order valence-electron chi connectivity index (χ3n) is 4.09. The Kier molecular flexibility index (Phi) is 4.46. The molecule has 3 rings (SSSR count). The van der Waals surface area contributed by atoms with E-state index in [1.165, 1.54) is 12.1 Å². The quantitative estimate of drug-likeness (QED) is 0.647. The molecule has 24 heavy (non-hydrogen) atoms. The molecule has 0 aliphatic heterocycles. The second kappa shape index (κ2) is 6.70. The van der Waals surface area contributed by atoms with Gasteiger partial charge in [-0.2, -0.15) is 0 Å². The van der Waals surface area contributed by atoms with Crippen LogP contribution in [0.25, 0.3) is 0 Å². The average Bonchev–Trinajstić information content (AvgIpc) is 3.38. The van der Waals surface area contributed by atoms with E-state index in [9.17, 15) is 14.9 Å². The van der Waals surface area contributed by atoms with Crippen LogP contribution in [0.2, 0.25) is 0 Å². The van der Waals surface area contributed by atoms with Gasteiger partial charge in [0.25, 0.3) is 5.69 Å². The van der Waals surface area contributed by atoms with E-state index in [-0.39, 0.29) is 29.1 Å². The number of nitrogens with zero attached hydrogens (tertiary/aromatic N) is 1. The lowest BCUT2D eigenvalue weighted by Gasteiger charge is -2.08. The maximum absolute atomic E-state index is 12.4. The minimum absolute atomic E-state index is 0.140. The molecule has 1 N–H and O–H groups in total. The zero-order valence-electron chi connectivity index (χ0n) is 13.3. The van der Waals surface area contributed by atoms with Crippen molar-refractivity contribution in [3.63, 3.8) is 0 Å². The number of hydrogen-bond acceptors (Lipinski definition) is 4. The fourth-order valence-electron chi connectivity index (χ4n) is 2.80. The van der Waals surface area contributed by atoms with Crippen molar-refractivity contribution in [3.05, 3.63) is 64.2 Å². The summed E-state index contributed by atoms with van der Waals surface area (Å²) < 4.78 is 5.27. The van der Waals surface area contributed by atoms with Gasteiger partial charge in [-0.25, -0.2) is 0 Å². The minimum Gasteiger partial charge on any atom is -0.494 e. The molecule has 0 unspecified atom stereocenters. The van der Waals surface area contributed by atoms with Crippen LogP contribution in [0.15, 0.2) is 48.5 Å². The average molecular weight is 326 g/mol. The van der Waals surface area contributed by atoms with Gasteiger partial charge < -0.3 is 10.1 Å². The molecular weight excluding hydrogens is 308 g/mol. The summed E-state index contributed by atoms with van der Waals surface area (Å²) in [6.45, 7) is 2.22. The largest absolute Gasteiger partial charge is 0.494 e. The second-order valence-electron chi connectivity index (χ2n) is 5.72. The third-order valence-corrected chi connectivity index (χ3v) is 4.09. The Hall–Kier alpha value is -2.89. The van der Waals surface area contributed by atoms with Crippen molar-refractivity contribution in [2.75, 3.05) is 11.9 Å². The van der Waals surface area contributed by atoms with Crippen LogP contribution in [0, 0.1) is 16.0 Å². The van der Waals surface area contributed by atoms with E-state index in [1.807, 2.05) is 30.3 Å². The number of ether oxygens (including phenoxy) is 1. The number of nitrogens with one attached hydrogen (secondary N) is 1. The van der Waals surface area contributed by atoms with Gasteiger partial charge in [-0.15, -0.1) is 0 Å². The van der Waals surface area contributed by atoms with Crippen molar-refractivity contribution in [2.45, 2.75) is 19.3 Å². The topological polar surface area (TPSA) is 81.5 Å². The van der Waals surface area contributed by atoms with Crippen molar-refractivity contribution in [1.82, 2.24) is 0 Å². The highest BCUT2D eigenvalue weighted by Crippen LogP contribution is 2.48. The smallest absolute Gasteiger partial charge is 0.296 e. The lowest BCUT2D eigenvalue weighted by molar-refractivity contribution is -0.384. The number of amides is 1. The summed E-state index contributed by atoms with van der Waals surface area (Å²) in [4.78, 5) is 23.1. The van der Waals surface area contributed by atoms with Crippen LogP contribution in [0.4, 0.5) is 11.4 Å². The molecule has 1 saturated carbocycles. The fourth-order valence-corrected chi connectivity index (χ4v) is 2.80. The molecular formula is C18H18N2O4. The molecule has 2 atom stereocenters. The Balaban J connectivity index is 1.72. The van der Waals surface area contributed by atoms with Gasteiger partial charge in [0, 0.05) is 5.92 Å². The van der Waals surface area contributed by atoms with E-state index >= 15 is 0 Å². The van der Waals surface area contributed by atoms with Gasteiger partial charge in [-0.1, -0.05) is 30.3 Å². The molecule has 2 aromatic carbocycles. The fraction of sp³-hybridized carbons (Fsp3) is 0.278. The number of nitro groups is 1. The SMILES string of the molecule is CCOc1ccc(NC(=O)[C@H]2C[C@@H]2c2ccccc2)c([N+](=O)[O-])c1. The molecule has 1 amide bonds. The Morgan fingerprint density at radius 2 is 2.04 bits per heavy atom. The summed E-state index contributed by atoms with van der Waals surface area (Å²) in [6, 6.07) is 14.3. The van der Waals surface area contributed by atoms with Crippen LogP contribution in [0.5, 0.6) is 5.75 Å². The molecule has 0 aromatic heterocycles. The van der Waals surface area contributed by atoms with E-state index in [2.05, 4.69) is 5.32 Å². The number of anilines is 1. The standard InChI is InChI=1S/C18H18N2O4/c1-2-24-13-8-9-16(17(10-13)20(22)23)19-18(21)15-11-14(15)12-6-4-3-5-7-12/h3-10,14-15H,2,11H2,1H3,(H,19,21)/t14-,15+/m1/s1. The lowest BCUT2D eigenvalue weighted by Crippen LogP contribution is -2.15. The van der Waals surface area contributed by atoms with Crippen LogP contribution in [0.1, 0.15) is 24.8 Å². The van der Waals surface area contributed by atoms with Crippen molar-refractivity contribution in [3.8, 4) is 5.75 Å². The van der Waals surface area contributed by atoms with Crippen molar-refractivity contribution >= 4 is 17.3 Å². The molecule has 0 bridgehead atoms. The maximum atomic E-state index is 12.4. The number of carbonyl (C=O) groups excluding carboxylic acids is 1. The maximum Gasteiger partial charge on any atom is 0.296 e. The van der Waals surface area contributed by atoms with Gasteiger partial charge in [-0.05, 0) is 37.0 Å². The Morgan fingerprint density at radius 1 is 1.29 bits per heavy atom. The summed E-state index contributed by atoms with van der Waals surface area (Å²) >= 11 is 0. The Labute approximate surface area is 139 Å². The summed E-state index contributed by atoms with van der Waals surface area (Å²) in [5, 5.41) is 13.9. The highest BCUT2D eigenvalue weighted by Gasteiger charge is 2.44. The first kappa shape index (κ1) is 16.0. The molecule has 2 aromatic rings. The van der Waals surface area contributed by atoms with E-state index in [4.69, 9.17) is 4.74 Å². The van der Waals surface area contributed by atoms with Crippen LogP contribution >= 0.6 is 0 Å². The molecule has 1 fully saturated rings. The number of nitro benzene ring substituents is 1. The van der Waals surface area contributed by atoms with Crippen molar-refractivity contribution in [2.24, 2.45) is 5.92 Å². The normalized spacial score (nSPS) is 18.7. The number of carbonyl (C=O) groups is 1. The van der Waals surface area contributed by atoms with Crippen molar-refractivity contribution < 1.29 is 14.5 Å². The van der Waals surface area contributed by atoms with Gasteiger partial charge in [0.05, 0.1) is 17.6 Å². The monoisotopic (exact) mass is 326 g/mol.